The van der Waals surface area contributed by atoms with E-state index in [9.17, 15) is 4.79 Å². The van der Waals surface area contributed by atoms with E-state index in [1.54, 1.807) is 12.1 Å². The van der Waals surface area contributed by atoms with Crippen molar-refractivity contribution in [3.63, 3.8) is 0 Å². The third kappa shape index (κ3) is 4.25. The molecule has 0 saturated heterocycles. The third-order valence-electron chi connectivity index (χ3n) is 3.34. The van der Waals surface area contributed by atoms with Gasteiger partial charge in [-0.2, -0.15) is 5.26 Å². The molecule has 0 spiro atoms. The van der Waals surface area contributed by atoms with Gasteiger partial charge >= 0.3 is 0 Å². The molecular weight excluding hydrogens is 252 g/mol. The van der Waals surface area contributed by atoms with Gasteiger partial charge in [0, 0.05) is 17.9 Å². The maximum atomic E-state index is 12.2. The second kappa shape index (κ2) is 6.92. The Balaban J connectivity index is 2.71. The molecule has 0 fully saturated rings. The van der Waals surface area contributed by atoms with Crippen molar-refractivity contribution in [3.05, 3.63) is 23.8 Å². The monoisotopic (exact) mass is 274 g/mol. The lowest BCUT2D eigenvalue weighted by atomic mass is 10.1. The number of carbonyl (C=O) groups excluding carboxylic acids is 1. The molecule has 5 nitrogen and oxygen atoms in total. The zero-order valence-electron chi connectivity index (χ0n) is 12.5. The molecule has 0 aliphatic heterocycles. The Morgan fingerprint density at radius 2 is 2.15 bits per heavy atom. The highest BCUT2D eigenvalue weighted by atomic mass is 16.2. The summed E-state index contributed by atoms with van der Waals surface area (Å²) in [5.74, 6) is -0.212. The van der Waals surface area contributed by atoms with Crippen LogP contribution in [0.4, 0.5) is 11.4 Å². The maximum Gasteiger partial charge on any atom is 0.241 e. The van der Waals surface area contributed by atoms with Gasteiger partial charge in [0.15, 0.2) is 0 Å². The summed E-state index contributed by atoms with van der Waals surface area (Å²) in [4.78, 5) is 14.1. The number of likely N-dealkylation sites (N-methyl/N-ethyl adjacent to an activating group) is 1. The average molecular weight is 274 g/mol. The van der Waals surface area contributed by atoms with E-state index in [0.717, 1.165) is 11.3 Å². The summed E-state index contributed by atoms with van der Waals surface area (Å²) in [6.07, 6.45) is 0. The van der Waals surface area contributed by atoms with Crippen LogP contribution in [-0.4, -0.2) is 30.4 Å². The van der Waals surface area contributed by atoms with Crippen molar-refractivity contribution in [2.45, 2.75) is 26.8 Å². The standard InChI is InChI=1S/C15H22N4O/c1-10(8-16)9-19(4)12(3)15(20)18-14-7-13(17)6-5-11(14)2/h5-7,10,12H,9,17H2,1-4H3,(H,18,20). The smallest absolute Gasteiger partial charge is 0.241 e. The number of benzene rings is 1. The molecular formula is C15H22N4O. The van der Waals surface area contributed by atoms with Gasteiger partial charge in [-0.3, -0.25) is 9.69 Å². The van der Waals surface area contributed by atoms with Gasteiger partial charge in [0.25, 0.3) is 0 Å². The van der Waals surface area contributed by atoms with Crippen molar-refractivity contribution in [2.75, 3.05) is 24.6 Å². The Hall–Kier alpha value is -2.06. The van der Waals surface area contributed by atoms with Crippen LogP contribution in [0.15, 0.2) is 18.2 Å². The second-order valence-electron chi connectivity index (χ2n) is 5.21. The number of nitriles is 1. The largest absolute Gasteiger partial charge is 0.399 e. The molecule has 108 valence electrons. The Kier molecular flexibility index (Phi) is 5.53. The highest BCUT2D eigenvalue weighted by Gasteiger charge is 2.20. The molecule has 1 aromatic carbocycles. The van der Waals surface area contributed by atoms with Crippen LogP contribution in [0.2, 0.25) is 0 Å². The van der Waals surface area contributed by atoms with Gasteiger partial charge in [0.05, 0.1) is 18.0 Å². The van der Waals surface area contributed by atoms with Crippen molar-refractivity contribution < 1.29 is 4.79 Å². The van der Waals surface area contributed by atoms with E-state index in [1.807, 2.05) is 38.8 Å². The van der Waals surface area contributed by atoms with Crippen LogP contribution in [0.25, 0.3) is 0 Å². The van der Waals surface area contributed by atoms with Crippen LogP contribution in [0.5, 0.6) is 0 Å². The van der Waals surface area contributed by atoms with Gasteiger partial charge in [-0.25, -0.2) is 0 Å². The minimum Gasteiger partial charge on any atom is -0.399 e. The summed E-state index contributed by atoms with van der Waals surface area (Å²) < 4.78 is 0. The first kappa shape index (κ1) is 16.0. The van der Waals surface area contributed by atoms with Gasteiger partial charge in [0.2, 0.25) is 5.91 Å². The van der Waals surface area contributed by atoms with E-state index in [1.165, 1.54) is 0 Å². The molecule has 0 saturated carbocycles. The van der Waals surface area contributed by atoms with Gasteiger partial charge in [-0.05, 0) is 45.5 Å². The number of nitrogens with two attached hydrogens (primary N) is 1. The molecule has 1 aromatic rings. The van der Waals surface area contributed by atoms with E-state index in [0.29, 0.717) is 12.2 Å². The highest BCUT2D eigenvalue weighted by molar-refractivity contribution is 5.95. The van der Waals surface area contributed by atoms with Gasteiger partial charge in [0.1, 0.15) is 0 Å². The molecule has 0 aromatic heterocycles. The summed E-state index contributed by atoms with van der Waals surface area (Å²) >= 11 is 0. The number of amides is 1. The Labute approximate surface area is 120 Å². The number of nitrogen functional groups attached to an aromatic ring is 1. The number of anilines is 2. The molecule has 0 aliphatic rings. The Bertz CT molecular complexity index is 521. The number of aryl methyl sites for hydroxylation is 1. The molecule has 2 atom stereocenters. The molecule has 0 heterocycles. The van der Waals surface area contributed by atoms with Gasteiger partial charge < -0.3 is 11.1 Å². The summed E-state index contributed by atoms with van der Waals surface area (Å²) in [5.41, 5.74) is 8.03. The minimum absolute atomic E-state index is 0.105. The minimum atomic E-state index is -0.313. The second-order valence-corrected chi connectivity index (χ2v) is 5.21. The lowest BCUT2D eigenvalue weighted by Gasteiger charge is -2.25. The average Bonchev–Trinajstić information content (AvgIpc) is 2.41. The van der Waals surface area contributed by atoms with Crippen LogP contribution in [0.3, 0.4) is 0 Å². The Morgan fingerprint density at radius 3 is 2.75 bits per heavy atom. The summed E-state index contributed by atoms with van der Waals surface area (Å²) in [6, 6.07) is 7.27. The fraction of sp³-hybridized carbons (Fsp3) is 0.467. The Morgan fingerprint density at radius 1 is 1.50 bits per heavy atom. The zero-order chi connectivity index (χ0) is 15.3. The first-order valence-corrected chi connectivity index (χ1v) is 6.62. The van der Waals surface area contributed by atoms with Gasteiger partial charge in [-0.1, -0.05) is 6.07 Å². The van der Waals surface area contributed by atoms with E-state index in [-0.39, 0.29) is 17.9 Å². The first-order valence-electron chi connectivity index (χ1n) is 6.62. The predicted molar refractivity (Wildman–Crippen MR) is 81.1 cm³/mol. The van der Waals surface area contributed by atoms with Crippen LogP contribution in [0.1, 0.15) is 19.4 Å². The number of rotatable bonds is 5. The number of hydrogen-bond acceptors (Lipinski definition) is 4. The van der Waals surface area contributed by atoms with Crippen LogP contribution in [0, 0.1) is 24.2 Å². The molecule has 1 rings (SSSR count). The number of carbonyl (C=O) groups is 1. The summed E-state index contributed by atoms with van der Waals surface area (Å²) in [7, 11) is 1.84. The van der Waals surface area contributed by atoms with Gasteiger partial charge in [-0.15, -0.1) is 0 Å². The fourth-order valence-corrected chi connectivity index (χ4v) is 1.84. The molecule has 5 heteroatoms. The molecule has 0 radical (unpaired) electrons. The van der Waals surface area contributed by atoms with Crippen molar-refractivity contribution in [3.8, 4) is 6.07 Å². The van der Waals surface area contributed by atoms with E-state index in [2.05, 4.69) is 11.4 Å². The van der Waals surface area contributed by atoms with E-state index in [4.69, 9.17) is 11.0 Å². The number of nitrogens with one attached hydrogen (secondary N) is 1. The molecule has 0 aliphatic carbocycles. The summed E-state index contributed by atoms with van der Waals surface area (Å²) in [5, 5.41) is 11.7. The van der Waals surface area contributed by atoms with Crippen molar-refractivity contribution in [1.82, 2.24) is 4.90 Å². The van der Waals surface area contributed by atoms with Crippen molar-refractivity contribution in [1.29, 1.82) is 5.26 Å². The molecule has 2 unspecified atom stereocenters. The van der Waals surface area contributed by atoms with Crippen molar-refractivity contribution >= 4 is 17.3 Å². The topological polar surface area (TPSA) is 82.2 Å². The van der Waals surface area contributed by atoms with Crippen molar-refractivity contribution in [2.24, 2.45) is 5.92 Å². The van der Waals surface area contributed by atoms with Crippen LogP contribution in [-0.2, 0) is 4.79 Å². The molecule has 3 N–H and O–H groups in total. The molecule has 20 heavy (non-hydrogen) atoms. The first-order chi connectivity index (χ1) is 9.35. The predicted octanol–water partition coefficient (Wildman–Crippen LogP) is 2.00. The molecule has 0 bridgehead atoms. The lowest BCUT2D eigenvalue weighted by Crippen LogP contribution is -2.41. The molecule has 1 amide bonds. The van der Waals surface area contributed by atoms with E-state index >= 15 is 0 Å². The van der Waals surface area contributed by atoms with Crippen LogP contribution < -0.4 is 11.1 Å². The number of hydrogen-bond donors (Lipinski definition) is 2. The highest BCUT2D eigenvalue weighted by Crippen LogP contribution is 2.18. The zero-order valence-corrected chi connectivity index (χ0v) is 12.5. The fourth-order valence-electron chi connectivity index (χ4n) is 1.84. The van der Waals surface area contributed by atoms with E-state index < -0.39 is 0 Å². The SMILES string of the molecule is Cc1ccc(N)cc1NC(=O)C(C)N(C)CC(C)C#N. The summed E-state index contributed by atoms with van der Waals surface area (Å²) in [6.45, 7) is 6.13. The number of nitrogens with zero attached hydrogens (tertiary/aromatic N) is 2. The third-order valence-corrected chi connectivity index (χ3v) is 3.34. The maximum absolute atomic E-state index is 12.2. The quantitative estimate of drug-likeness (QED) is 0.804. The van der Waals surface area contributed by atoms with Crippen LogP contribution >= 0.6 is 0 Å². The lowest BCUT2D eigenvalue weighted by molar-refractivity contribution is -0.120. The normalized spacial score (nSPS) is 13.6.